The average molecular weight is 467 g/mol. The predicted molar refractivity (Wildman–Crippen MR) is 123 cm³/mol. The Bertz CT molecular complexity index is 1090. The van der Waals surface area contributed by atoms with Crippen LogP contribution in [0.4, 0.5) is 23.2 Å². The van der Waals surface area contributed by atoms with Crippen molar-refractivity contribution in [2.45, 2.75) is 33.0 Å². The molecule has 3 nitrogen and oxygen atoms in total. The number of pyridine rings is 1. The SMILES string of the molecule is CCSCC(C)(C(Nc1cccc2nc(C)ccc12)c1ccc(F)cc1OC)C(F)(F)F. The highest BCUT2D eigenvalue weighted by Crippen LogP contribution is 2.52. The summed E-state index contributed by atoms with van der Waals surface area (Å²) in [5.74, 6) is -0.150. The molecule has 1 aromatic heterocycles. The molecule has 2 unspecified atom stereocenters. The van der Waals surface area contributed by atoms with Crippen molar-refractivity contribution in [3.63, 3.8) is 0 Å². The Morgan fingerprint density at radius 2 is 1.88 bits per heavy atom. The van der Waals surface area contributed by atoms with E-state index in [-0.39, 0.29) is 17.1 Å². The van der Waals surface area contributed by atoms with Crippen LogP contribution in [0.3, 0.4) is 0 Å². The van der Waals surface area contributed by atoms with E-state index >= 15 is 0 Å². The van der Waals surface area contributed by atoms with Crippen LogP contribution in [0.25, 0.3) is 10.9 Å². The number of alkyl halides is 3. The average Bonchev–Trinajstić information content (AvgIpc) is 2.75. The topological polar surface area (TPSA) is 34.2 Å². The molecule has 0 fully saturated rings. The lowest BCUT2D eigenvalue weighted by atomic mass is 9.78. The number of hydrogen-bond donors (Lipinski definition) is 1. The van der Waals surface area contributed by atoms with E-state index in [1.54, 1.807) is 12.1 Å². The van der Waals surface area contributed by atoms with E-state index in [0.29, 0.717) is 22.3 Å². The zero-order chi connectivity index (χ0) is 23.5. The van der Waals surface area contributed by atoms with E-state index in [9.17, 15) is 17.6 Å². The monoisotopic (exact) mass is 466 g/mol. The molecule has 8 heteroatoms. The third-order valence-corrected chi connectivity index (χ3v) is 6.78. The van der Waals surface area contributed by atoms with Crippen LogP contribution in [-0.2, 0) is 0 Å². The Balaban J connectivity index is 2.22. The number of anilines is 1. The molecule has 0 amide bonds. The van der Waals surface area contributed by atoms with Gasteiger partial charge < -0.3 is 10.1 Å². The number of hydrogen-bond acceptors (Lipinski definition) is 4. The molecule has 0 aliphatic rings. The number of nitrogens with zero attached hydrogens (tertiary/aromatic N) is 1. The smallest absolute Gasteiger partial charge is 0.397 e. The second-order valence-corrected chi connectivity index (χ2v) is 9.12. The first-order valence-electron chi connectivity index (χ1n) is 10.2. The van der Waals surface area contributed by atoms with Gasteiger partial charge in [-0.2, -0.15) is 24.9 Å². The van der Waals surface area contributed by atoms with E-state index in [1.165, 1.54) is 31.9 Å². The van der Waals surface area contributed by atoms with Crippen molar-refractivity contribution >= 4 is 28.4 Å². The first-order chi connectivity index (χ1) is 15.1. The van der Waals surface area contributed by atoms with Crippen LogP contribution in [0.5, 0.6) is 5.75 Å². The van der Waals surface area contributed by atoms with Crippen LogP contribution in [-0.4, -0.2) is 29.8 Å². The molecule has 0 aliphatic heterocycles. The van der Waals surface area contributed by atoms with Crippen LogP contribution >= 0.6 is 11.8 Å². The summed E-state index contributed by atoms with van der Waals surface area (Å²) < 4.78 is 62.9. The Morgan fingerprint density at radius 1 is 1.12 bits per heavy atom. The summed E-state index contributed by atoms with van der Waals surface area (Å²) in [6.07, 6.45) is -4.54. The summed E-state index contributed by atoms with van der Waals surface area (Å²) in [6, 6.07) is 11.3. The first-order valence-corrected chi connectivity index (χ1v) is 11.4. The molecule has 32 heavy (non-hydrogen) atoms. The Labute approximate surface area is 189 Å². The van der Waals surface area contributed by atoms with Gasteiger partial charge in [0.15, 0.2) is 0 Å². The number of rotatable bonds is 8. The van der Waals surface area contributed by atoms with Gasteiger partial charge in [-0.05, 0) is 49.9 Å². The van der Waals surface area contributed by atoms with E-state index < -0.39 is 23.5 Å². The van der Waals surface area contributed by atoms with Gasteiger partial charge in [0.2, 0.25) is 0 Å². The van der Waals surface area contributed by atoms with E-state index in [4.69, 9.17) is 4.74 Å². The quantitative estimate of drug-likeness (QED) is 0.357. The van der Waals surface area contributed by atoms with Gasteiger partial charge in [0.25, 0.3) is 0 Å². The molecule has 0 bridgehead atoms. The third kappa shape index (κ3) is 4.80. The second-order valence-electron chi connectivity index (χ2n) is 7.84. The maximum Gasteiger partial charge on any atom is 0.397 e. The fourth-order valence-corrected chi connectivity index (χ4v) is 4.64. The number of fused-ring (bicyclic) bond motifs is 1. The number of benzene rings is 2. The summed E-state index contributed by atoms with van der Waals surface area (Å²) in [4.78, 5) is 4.48. The molecule has 172 valence electrons. The molecular weight excluding hydrogens is 440 g/mol. The maximum absolute atomic E-state index is 14.6. The minimum Gasteiger partial charge on any atom is -0.496 e. The van der Waals surface area contributed by atoms with Crippen molar-refractivity contribution in [2.75, 3.05) is 23.9 Å². The van der Waals surface area contributed by atoms with Crippen LogP contribution in [0, 0.1) is 18.2 Å². The van der Waals surface area contributed by atoms with Gasteiger partial charge in [0, 0.05) is 34.2 Å². The van der Waals surface area contributed by atoms with Gasteiger partial charge >= 0.3 is 6.18 Å². The largest absolute Gasteiger partial charge is 0.496 e. The summed E-state index contributed by atoms with van der Waals surface area (Å²) in [5, 5.41) is 3.84. The highest BCUT2D eigenvalue weighted by molar-refractivity contribution is 7.99. The molecule has 3 aromatic rings. The molecular formula is C24H26F4N2OS. The Morgan fingerprint density at radius 3 is 2.53 bits per heavy atom. The molecule has 1 N–H and O–H groups in total. The first kappa shape index (κ1) is 24.2. The van der Waals surface area contributed by atoms with Crippen molar-refractivity contribution < 1.29 is 22.3 Å². The van der Waals surface area contributed by atoms with E-state index in [0.717, 1.165) is 17.8 Å². The van der Waals surface area contributed by atoms with Gasteiger partial charge in [-0.25, -0.2) is 4.39 Å². The molecule has 2 aromatic carbocycles. The summed E-state index contributed by atoms with van der Waals surface area (Å²) in [6.45, 7) is 4.87. The van der Waals surface area contributed by atoms with Gasteiger partial charge in [-0.1, -0.05) is 19.1 Å². The number of halogens is 4. The zero-order valence-corrected chi connectivity index (χ0v) is 19.2. The lowest BCUT2D eigenvalue weighted by Crippen LogP contribution is -2.46. The lowest BCUT2D eigenvalue weighted by molar-refractivity contribution is -0.215. The predicted octanol–water partition coefficient (Wildman–Crippen LogP) is 7.17. The van der Waals surface area contributed by atoms with Gasteiger partial charge in [0.05, 0.1) is 24.1 Å². The second kappa shape index (κ2) is 9.57. The lowest BCUT2D eigenvalue weighted by Gasteiger charge is -2.40. The van der Waals surface area contributed by atoms with Gasteiger partial charge in [0.1, 0.15) is 11.6 Å². The minimum atomic E-state index is -4.54. The molecule has 3 rings (SSSR count). The van der Waals surface area contributed by atoms with Crippen molar-refractivity contribution in [2.24, 2.45) is 5.41 Å². The summed E-state index contributed by atoms with van der Waals surface area (Å²) in [7, 11) is 1.33. The number of methoxy groups -OCH3 is 1. The standard InChI is InChI=1S/C24H26F4N2OS/c1-5-32-14-23(3,24(26,27)28)22(18-12-10-16(25)13-21(18)31-4)30-20-8-6-7-19-17(20)11-9-15(2)29-19/h6-13,22,30H,5,14H2,1-4H3. The van der Waals surface area contributed by atoms with Crippen molar-refractivity contribution in [1.82, 2.24) is 4.98 Å². The van der Waals surface area contributed by atoms with Gasteiger partial charge in [-0.15, -0.1) is 0 Å². The number of aryl methyl sites for hydroxylation is 1. The molecule has 0 saturated carbocycles. The van der Waals surface area contributed by atoms with Crippen LogP contribution in [0.15, 0.2) is 48.5 Å². The molecule has 0 aliphatic carbocycles. The Kier molecular flexibility index (Phi) is 7.22. The maximum atomic E-state index is 14.6. The van der Waals surface area contributed by atoms with Gasteiger partial charge in [-0.3, -0.25) is 4.98 Å². The van der Waals surface area contributed by atoms with E-state index in [1.807, 2.05) is 32.0 Å². The normalized spacial score (nSPS) is 14.8. The number of thioether (sulfide) groups is 1. The third-order valence-electron chi connectivity index (χ3n) is 5.57. The highest BCUT2D eigenvalue weighted by Gasteiger charge is 2.56. The van der Waals surface area contributed by atoms with Crippen LogP contribution in [0.1, 0.15) is 31.1 Å². The number of aromatic nitrogens is 1. The fraction of sp³-hybridized carbons (Fsp3) is 0.375. The van der Waals surface area contributed by atoms with Crippen LogP contribution < -0.4 is 10.1 Å². The molecule has 2 atom stereocenters. The van der Waals surface area contributed by atoms with Crippen molar-refractivity contribution in [1.29, 1.82) is 0 Å². The molecule has 0 spiro atoms. The molecule has 0 radical (unpaired) electrons. The Hall–Kier alpha value is -2.48. The van der Waals surface area contributed by atoms with E-state index in [2.05, 4.69) is 10.3 Å². The molecule has 0 saturated heterocycles. The van der Waals surface area contributed by atoms with Crippen molar-refractivity contribution in [3.05, 3.63) is 65.6 Å². The summed E-state index contributed by atoms with van der Waals surface area (Å²) >= 11 is 1.21. The highest BCUT2D eigenvalue weighted by atomic mass is 32.2. The van der Waals surface area contributed by atoms with Crippen LogP contribution in [0.2, 0.25) is 0 Å². The number of ether oxygens (including phenoxy) is 1. The zero-order valence-electron chi connectivity index (χ0n) is 18.4. The molecule has 1 heterocycles. The minimum absolute atomic E-state index is 0.0636. The summed E-state index contributed by atoms with van der Waals surface area (Å²) in [5.41, 5.74) is 0.0761. The van der Waals surface area contributed by atoms with Crippen molar-refractivity contribution in [3.8, 4) is 5.75 Å². The fourth-order valence-electron chi connectivity index (χ4n) is 3.68. The number of nitrogens with one attached hydrogen (secondary N) is 1.